The van der Waals surface area contributed by atoms with Gasteiger partial charge in [0.15, 0.2) is 11.6 Å². The van der Waals surface area contributed by atoms with E-state index in [1.807, 2.05) is 50.2 Å². The van der Waals surface area contributed by atoms with Gasteiger partial charge in [-0.15, -0.1) is 13.2 Å². The number of para-hydroxylation sites is 3. The van der Waals surface area contributed by atoms with Gasteiger partial charge in [-0.3, -0.25) is 4.57 Å². The Balaban J connectivity index is 0.00000112. The second-order valence-electron chi connectivity index (χ2n) is 14.7. The lowest BCUT2D eigenvalue weighted by Gasteiger charge is -2.14. The molecule has 0 saturated heterocycles. The van der Waals surface area contributed by atoms with Gasteiger partial charge < -0.3 is 4.42 Å². The van der Waals surface area contributed by atoms with Gasteiger partial charge in [0.1, 0.15) is 11.2 Å². The molecule has 12 aromatic rings. The van der Waals surface area contributed by atoms with Crippen molar-refractivity contribution in [3.63, 3.8) is 0 Å². The third kappa shape index (κ3) is 6.22. The number of rotatable bonds is 5. The summed E-state index contributed by atoms with van der Waals surface area (Å²) in [5.74, 6) is 1.74. The third-order valence-electron chi connectivity index (χ3n) is 11.5. The van der Waals surface area contributed by atoms with Crippen molar-refractivity contribution in [2.75, 3.05) is 0 Å². The first-order valence-electron chi connectivity index (χ1n) is 21.0. The molecule has 0 aliphatic rings. The van der Waals surface area contributed by atoms with Crippen molar-refractivity contribution in [2.45, 2.75) is 13.8 Å². The summed E-state index contributed by atoms with van der Waals surface area (Å²) < 4.78 is 8.98. The van der Waals surface area contributed by atoms with Gasteiger partial charge in [0.2, 0.25) is 5.95 Å². The standard InChI is InChI=1S/C53H32N4O.C2H6.C2H4/c1-3-15-33(16-4-1)34-29-31-36(32-30-34)52-54-51(35-17-5-2-6-18-35)55-53(56-52)57-48-42(44-26-14-25-43-39-21-11-12-28-46(39)58-50(43)44)24-13-27-45(48)47-40-22-9-7-19-37(40)38-20-8-10-23-41(38)49(47)57;2*1-2/h1-32H;1-2H3;1-2H2. The third-order valence-corrected chi connectivity index (χ3v) is 11.5. The Labute approximate surface area is 359 Å². The molecule has 0 saturated carbocycles. The fraction of sp³-hybridized carbons (Fsp3) is 0.0351. The molecule has 3 heterocycles. The highest BCUT2D eigenvalue weighted by atomic mass is 16.3. The Kier molecular flexibility index (Phi) is 9.91. The Morgan fingerprint density at radius 2 is 0.839 bits per heavy atom. The molecule has 296 valence electrons. The molecule has 0 N–H and O–H groups in total. The van der Waals surface area contributed by atoms with E-state index in [0.717, 1.165) is 82.5 Å². The highest BCUT2D eigenvalue weighted by molar-refractivity contribution is 6.33. The second kappa shape index (κ2) is 16.1. The molecule has 5 nitrogen and oxygen atoms in total. The SMILES string of the molecule is C=C.CC.c1ccc(-c2ccc(-c3nc(-c4ccccc4)nc(-n4c5c(-c6cccc7c6oc6ccccc67)cccc5c5c6ccccc6c6ccccc6c54)n3)cc2)cc1. The predicted molar refractivity (Wildman–Crippen MR) is 261 cm³/mol. The quantitative estimate of drug-likeness (QED) is 0.129. The molecule has 0 aliphatic heterocycles. The minimum absolute atomic E-state index is 0.542. The molecule has 0 radical (unpaired) electrons. The molecule has 0 amide bonds. The van der Waals surface area contributed by atoms with E-state index < -0.39 is 0 Å². The Bertz CT molecular complexity index is 3570. The van der Waals surface area contributed by atoms with E-state index in [4.69, 9.17) is 19.4 Å². The molecule has 0 atom stereocenters. The lowest BCUT2D eigenvalue weighted by atomic mass is 9.95. The van der Waals surface area contributed by atoms with E-state index >= 15 is 0 Å². The lowest BCUT2D eigenvalue weighted by Crippen LogP contribution is -2.07. The first-order chi connectivity index (χ1) is 30.8. The summed E-state index contributed by atoms with van der Waals surface area (Å²) in [6.07, 6.45) is 0. The zero-order valence-electron chi connectivity index (χ0n) is 34.6. The van der Waals surface area contributed by atoms with Crippen molar-refractivity contribution in [2.24, 2.45) is 0 Å². The monoisotopic (exact) mass is 798 g/mol. The van der Waals surface area contributed by atoms with Crippen LogP contribution in [0, 0.1) is 0 Å². The van der Waals surface area contributed by atoms with Crippen molar-refractivity contribution in [1.29, 1.82) is 0 Å². The number of aromatic nitrogens is 4. The van der Waals surface area contributed by atoms with Gasteiger partial charge in [-0.25, -0.2) is 4.98 Å². The fourth-order valence-electron chi connectivity index (χ4n) is 8.85. The smallest absolute Gasteiger partial charge is 0.238 e. The molecule has 0 fully saturated rings. The molecule has 0 bridgehead atoms. The van der Waals surface area contributed by atoms with E-state index in [1.54, 1.807) is 0 Å². The first-order valence-corrected chi connectivity index (χ1v) is 21.0. The topological polar surface area (TPSA) is 56.7 Å². The summed E-state index contributed by atoms with van der Waals surface area (Å²) in [5, 5.41) is 9.10. The molecular formula is C57H42N4O. The molecule has 9 aromatic carbocycles. The van der Waals surface area contributed by atoms with Gasteiger partial charge in [-0.05, 0) is 33.4 Å². The lowest BCUT2D eigenvalue weighted by molar-refractivity contribution is 0.670. The van der Waals surface area contributed by atoms with Crippen LogP contribution in [-0.2, 0) is 0 Å². The first kappa shape index (κ1) is 38.1. The van der Waals surface area contributed by atoms with Crippen LogP contribution >= 0.6 is 0 Å². The average molecular weight is 799 g/mol. The van der Waals surface area contributed by atoms with E-state index in [1.165, 1.54) is 16.2 Å². The molecule has 0 aliphatic carbocycles. The zero-order valence-corrected chi connectivity index (χ0v) is 34.6. The van der Waals surface area contributed by atoms with Crippen molar-refractivity contribution < 1.29 is 4.42 Å². The Morgan fingerprint density at radius 1 is 0.371 bits per heavy atom. The van der Waals surface area contributed by atoms with E-state index in [0.29, 0.717) is 17.6 Å². The van der Waals surface area contributed by atoms with Gasteiger partial charge >= 0.3 is 0 Å². The number of furan rings is 1. The maximum atomic E-state index is 6.69. The summed E-state index contributed by atoms with van der Waals surface area (Å²) in [6, 6.07) is 67.8. The number of benzene rings is 9. The van der Waals surface area contributed by atoms with Crippen LogP contribution < -0.4 is 0 Å². The van der Waals surface area contributed by atoms with Crippen LogP contribution in [0.15, 0.2) is 212 Å². The van der Waals surface area contributed by atoms with Crippen molar-refractivity contribution in [3.8, 4) is 51.0 Å². The Hall–Kier alpha value is -8.15. The largest absolute Gasteiger partial charge is 0.455 e. The van der Waals surface area contributed by atoms with Gasteiger partial charge in [-0.1, -0.05) is 202 Å². The molecule has 62 heavy (non-hydrogen) atoms. The van der Waals surface area contributed by atoms with Crippen LogP contribution in [0.3, 0.4) is 0 Å². The second-order valence-corrected chi connectivity index (χ2v) is 14.7. The van der Waals surface area contributed by atoms with Crippen LogP contribution in [-0.4, -0.2) is 19.5 Å². The minimum atomic E-state index is 0.542. The number of nitrogens with zero attached hydrogens (tertiary/aromatic N) is 4. The highest BCUT2D eigenvalue weighted by Gasteiger charge is 2.25. The van der Waals surface area contributed by atoms with Crippen LogP contribution in [0.2, 0.25) is 0 Å². The highest BCUT2D eigenvalue weighted by Crippen LogP contribution is 2.46. The van der Waals surface area contributed by atoms with Crippen molar-refractivity contribution >= 4 is 65.3 Å². The van der Waals surface area contributed by atoms with E-state index in [-0.39, 0.29) is 0 Å². The van der Waals surface area contributed by atoms with Gasteiger partial charge in [0.25, 0.3) is 0 Å². The van der Waals surface area contributed by atoms with Crippen LogP contribution in [0.4, 0.5) is 0 Å². The number of fused-ring (bicyclic) bond motifs is 11. The van der Waals surface area contributed by atoms with Crippen LogP contribution in [0.25, 0.3) is 116 Å². The maximum absolute atomic E-state index is 6.69. The van der Waals surface area contributed by atoms with Crippen molar-refractivity contribution in [1.82, 2.24) is 19.5 Å². The van der Waals surface area contributed by atoms with Crippen LogP contribution in [0.1, 0.15) is 13.8 Å². The van der Waals surface area contributed by atoms with Gasteiger partial charge in [0.05, 0.1) is 11.0 Å². The van der Waals surface area contributed by atoms with Crippen molar-refractivity contribution in [3.05, 3.63) is 207 Å². The van der Waals surface area contributed by atoms with Gasteiger partial charge in [-0.2, -0.15) is 9.97 Å². The normalized spacial score (nSPS) is 11.2. The summed E-state index contributed by atoms with van der Waals surface area (Å²) in [6.45, 7) is 10.0. The summed E-state index contributed by atoms with van der Waals surface area (Å²) in [4.78, 5) is 15.9. The predicted octanol–water partition coefficient (Wildman–Crippen LogP) is 15.7. The molecule has 0 spiro atoms. The molecule has 12 rings (SSSR count). The molecular weight excluding hydrogens is 757 g/mol. The fourth-order valence-corrected chi connectivity index (χ4v) is 8.85. The van der Waals surface area contributed by atoms with Gasteiger partial charge in [0, 0.05) is 49.2 Å². The number of hydrogen-bond donors (Lipinski definition) is 0. The number of hydrogen-bond acceptors (Lipinski definition) is 4. The van der Waals surface area contributed by atoms with Crippen LogP contribution in [0.5, 0.6) is 0 Å². The van der Waals surface area contributed by atoms with E-state index in [2.05, 4.69) is 175 Å². The minimum Gasteiger partial charge on any atom is -0.455 e. The maximum Gasteiger partial charge on any atom is 0.238 e. The Morgan fingerprint density at radius 3 is 1.52 bits per heavy atom. The average Bonchev–Trinajstić information content (AvgIpc) is 3.93. The zero-order chi connectivity index (χ0) is 42.2. The summed E-state index contributed by atoms with van der Waals surface area (Å²) >= 11 is 0. The molecule has 3 aromatic heterocycles. The molecule has 5 heteroatoms. The summed E-state index contributed by atoms with van der Waals surface area (Å²) in [7, 11) is 0. The van der Waals surface area contributed by atoms with E-state index in [9.17, 15) is 0 Å². The summed E-state index contributed by atoms with van der Waals surface area (Å²) in [5.41, 5.74) is 9.91. The molecule has 0 unspecified atom stereocenters.